The molecule has 1 spiro atoms. The fourth-order valence-electron chi connectivity index (χ4n) is 3.24. The van der Waals surface area contributed by atoms with Gasteiger partial charge in [0.15, 0.2) is 0 Å². The zero-order valence-electron chi connectivity index (χ0n) is 11.3. The van der Waals surface area contributed by atoms with Gasteiger partial charge in [-0.2, -0.15) is 0 Å². The maximum Gasteiger partial charge on any atom is 0.246 e. The Labute approximate surface area is 130 Å². The monoisotopic (exact) mass is 356 g/mol. The highest BCUT2D eigenvalue weighted by Crippen LogP contribution is 2.39. The van der Waals surface area contributed by atoms with Crippen LogP contribution in [0.4, 0.5) is 0 Å². The summed E-state index contributed by atoms with van der Waals surface area (Å²) < 4.78 is 1.03. The lowest BCUT2D eigenvalue weighted by molar-refractivity contribution is -0.157. The van der Waals surface area contributed by atoms with E-state index in [4.69, 9.17) is 0 Å². The minimum absolute atomic E-state index is 0.0257. The van der Waals surface area contributed by atoms with Crippen LogP contribution in [0.3, 0.4) is 0 Å². The largest absolute Gasteiger partial charge is 0.343 e. The highest BCUT2D eigenvalue weighted by atomic mass is 79.9. The summed E-state index contributed by atoms with van der Waals surface area (Å²) in [6, 6.07) is 1.61. The number of nitrogens with one attached hydrogen (secondary N) is 1. The Morgan fingerprint density at radius 3 is 2.75 bits per heavy atom. The van der Waals surface area contributed by atoms with E-state index in [1.165, 1.54) is 0 Å². The van der Waals surface area contributed by atoms with Crippen LogP contribution in [0.15, 0.2) is 15.9 Å². The number of hydrogen-bond acceptors (Lipinski definition) is 3. The van der Waals surface area contributed by atoms with Gasteiger partial charge in [-0.1, -0.05) is 12.8 Å². The first-order valence-electron chi connectivity index (χ1n) is 6.88. The molecule has 0 aromatic carbocycles. The number of nitrogens with zero attached hydrogens (tertiary/aromatic N) is 1. The number of thiophene rings is 1. The minimum atomic E-state index is -0.611. The van der Waals surface area contributed by atoms with Gasteiger partial charge < -0.3 is 10.2 Å². The molecule has 2 fully saturated rings. The first kappa shape index (κ1) is 14.1. The molecule has 3 rings (SSSR count). The smallest absolute Gasteiger partial charge is 0.246 e. The average Bonchev–Trinajstić information content (AvgIpc) is 3.03. The molecule has 1 aliphatic heterocycles. The molecular formula is C14H17BrN2O2S. The fraction of sp³-hybridized carbons (Fsp3) is 0.571. The first-order valence-corrected chi connectivity index (χ1v) is 8.55. The molecule has 4 nitrogen and oxygen atoms in total. The van der Waals surface area contributed by atoms with Gasteiger partial charge in [0.1, 0.15) is 11.6 Å². The van der Waals surface area contributed by atoms with Gasteiger partial charge in [0.2, 0.25) is 11.8 Å². The number of carbonyl (C=O) groups excluding carboxylic acids is 2. The summed E-state index contributed by atoms with van der Waals surface area (Å²) in [5, 5.41) is 4.86. The summed E-state index contributed by atoms with van der Waals surface area (Å²) in [6.45, 7) is 2.30. The van der Waals surface area contributed by atoms with Gasteiger partial charge in [0.05, 0.1) is 6.54 Å². The van der Waals surface area contributed by atoms with Gasteiger partial charge in [-0.15, -0.1) is 11.3 Å². The summed E-state index contributed by atoms with van der Waals surface area (Å²) in [4.78, 5) is 27.9. The zero-order chi connectivity index (χ0) is 14.3. The second-order valence-corrected chi connectivity index (χ2v) is 7.50. The number of rotatable bonds is 2. The summed E-state index contributed by atoms with van der Waals surface area (Å²) in [7, 11) is 0. The number of carbonyl (C=O) groups is 2. The van der Waals surface area contributed by atoms with E-state index >= 15 is 0 Å². The molecule has 108 valence electrons. The van der Waals surface area contributed by atoms with Gasteiger partial charge in [0, 0.05) is 14.7 Å². The summed E-state index contributed by atoms with van der Waals surface area (Å²) in [5.41, 5.74) is -0.611. The normalized spacial score (nSPS) is 25.3. The lowest BCUT2D eigenvalue weighted by Crippen LogP contribution is -2.68. The van der Waals surface area contributed by atoms with Crippen molar-refractivity contribution in [3.63, 3.8) is 0 Å². The van der Waals surface area contributed by atoms with Crippen molar-refractivity contribution in [2.45, 2.75) is 50.7 Å². The third-order valence-corrected chi connectivity index (χ3v) is 5.97. The number of halogens is 1. The third kappa shape index (κ3) is 2.19. The maximum absolute atomic E-state index is 12.5. The zero-order valence-corrected chi connectivity index (χ0v) is 13.7. The van der Waals surface area contributed by atoms with E-state index in [-0.39, 0.29) is 11.8 Å². The van der Waals surface area contributed by atoms with Gasteiger partial charge in [-0.25, -0.2) is 0 Å². The molecule has 20 heavy (non-hydrogen) atoms. The summed E-state index contributed by atoms with van der Waals surface area (Å²) >= 11 is 5.06. The van der Waals surface area contributed by atoms with E-state index in [0.717, 1.165) is 35.0 Å². The van der Waals surface area contributed by atoms with Crippen molar-refractivity contribution in [1.82, 2.24) is 10.2 Å². The van der Waals surface area contributed by atoms with E-state index in [2.05, 4.69) is 21.2 Å². The molecule has 1 aliphatic carbocycles. The summed E-state index contributed by atoms with van der Waals surface area (Å²) in [5.74, 6) is 0.0637. The lowest BCUT2D eigenvalue weighted by atomic mass is 9.89. The number of piperazine rings is 1. The van der Waals surface area contributed by atoms with Crippen LogP contribution >= 0.6 is 27.3 Å². The quantitative estimate of drug-likeness (QED) is 0.885. The van der Waals surface area contributed by atoms with E-state index in [1.807, 2.05) is 16.3 Å². The Bertz CT molecular complexity index is 551. The molecule has 2 aliphatic rings. The van der Waals surface area contributed by atoms with Crippen molar-refractivity contribution in [2.24, 2.45) is 0 Å². The van der Waals surface area contributed by atoms with Gasteiger partial charge >= 0.3 is 0 Å². The second-order valence-electron chi connectivity index (χ2n) is 5.59. The molecule has 6 heteroatoms. The SMILES string of the molecule is CC1NC(=O)C2(CCCC2)N(Cc2cc(Br)cs2)C1=O. The van der Waals surface area contributed by atoms with Crippen molar-refractivity contribution >= 4 is 39.1 Å². The Kier molecular flexibility index (Phi) is 3.62. The van der Waals surface area contributed by atoms with E-state index < -0.39 is 11.6 Å². The molecule has 1 N–H and O–H groups in total. The molecular weight excluding hydrogens is 340 g/mol. The Morgan fingerprint density at radius 2 is 2.15 bits per heavy atom. The molecule has 1 aromatic heterocycles. The van der Waals surface area contributed by atoms with Crippen LogP contribution < -0.4 is 5.32 Å². The highest BCUT2D eigenvalue weighted by molar-refractivity contribution is 9.10. The molecule has 0 bridgehead atoms. The molecule has 1 atom stereocenters. The Hall–Kier alpha value is -0.880. The highest BCUT2D eigenvalue weighted by Gasteiger charge is 2.52. The molecule has 2 heterocycles. The van der Waals surface area contributed by atoms with Crippen LogP contribution in [0.1, 0.15) is 37.5 Å². The van der Waals surface area contributed by atoms with Crippen LogP contribution in [0, 0.1) is 0 Å². The first-order chi connectivity index (χ1) is 9.53. The summed E-state index contributed by atoms with van der Waals surface area (Å²) in [6.07, 6.45) is 3.59. The van der Waals surface area contributed by atoms with Crippen LogP contribution in [0.2, 0.25) is 0 Å². The lowest BCUT2D eigenvalue weighted by Gasteiger charge is -2.45. The Morgan fingerprint density at radius 1 is 1.45 bits per heavy atom. The van der Waals surface area contributed by atoms with Gasteiger partial charge in [-0.3, -0.25) is 9.59 Å². The van der Waals surface area contributed by atoms with Crippen molar-refractivity contribution < 1.29 is 9.59 Å². The van der Waals surface area contributed by atoms with Crippen molar-refractivity contribution in [1.29, 1.82) is 0 Å². The van der Waals surface area contributed by atoms with E-state index in [1.54, 1.807) is 18.3 Å². The predicted octanol–water partition coefficient (Wildman–Crippen LogP) is 2.67. The minimum Gasteiger partial charge on any atom is -0.343 e. The number of hydrogen-bond donors (Lipinski definition) is 1. The van der Waals surface area contributed by atoms with Crippen molar-refractivity contribution in [3.8, 4) is 0 Å². The van der Waals surface area contributed by atoms with Crippen LogP contribution in [0.25, 0.3) is 0 Å². The van der Waals surface area contributed by atoms with Crippen LogP contribution in [-0.2, 0) is 16.1 Å². The van der Waals surface area contributed by atoms with E-state index in [9.17, 15) is 9.59 Å². The molecule has 1 unspecified atom stereocenters. The van der Waals surface area contributed by atoms with Crippen LogP contribution in [0.5, 0.6) is 0 Å². The molecule has 1 saturated heterocycles. The molecule has 1 aromatic rings. The van der Waals surface area contributed by atoms with E-state index in [0.29, 0.717) is 6.54 Å². The fourth-order valence-corrected chi connectivity index (χ4v) is 4.68. The maximum atomic E-state index is 12.5. The van der Waals surface area contributed by atoms with Gasteiger partial charge in [0.25, 0.3) is 0 Å². The van der Waals surface area contributed by atoms with Gasteiger partial charge in [-0.05, 0) is 41.8 Å². The predicted molar refractivity (Wildman–Crippen MR) is 81.4 cm³/mol. The average molecular weight is 357 g/mol. The van der Waals surface area contributed by atoms with Crippen molar-refractivity contribution in [2.75, 3.05) is 0 Å². The molecule has 2 amide bonds. The standard InChI is InChI=1S/C14H17BrN2O2S/c1-9-12(18)17(7-11-6-10(15)8-20-11)14(13(19)16-9)4-2-3-5-14/h6,8-9H,2-5,7H2,1H3,(H,16,19). The van der Waals surface area contributed by atoms with Crippen LogP contribution in [-0.4, -0.2) is 28.3 Å². The molecule has 1 saturated carbocycles. The Balaban J connectivity index is 1.93. The number of amides is 2. The third-order valence-electron chi connectivity index (χ3n) is 4.29. The van der Waals surface area contributed by atoms with Crippen molar-refractivity contribution in [3.05, 3.63) is 20.8 Å². The topological polar surface area (TPSA) is 49.4 Å². The second kappa shape index (κ2) is 5.15. The molecule has 0 radical (unpaired) electrons.